The molecule has 2 fully saturated rings. The highest BCUT2D eigenvalue weighted by Crippen LogP contribution is 2.27. The van der Waals surface area contributed by atoms with E-state index >= 15 is 0 Å². The van der Waals surface area contributed by atoms with Gasteiger partial charge in [-0.3, -0.25) is 0 Å². The van der Waals surface area contributed by atoms with E-state index in [9.17, 15) is 8.42 Å². The molecular formula is C10H20N2O2S. The van der Waals surface area contributed by atoms with Gasteiger partial charge in [-0.2, -0.15) is 4.31 Å². The molecule has 15 heavy (non-hydrogen) atoms. The molecule has 1 aliphatic heterocycles. The lowest BCUT2D eigenvalue weighted by Gasteiger charge is -2.27. The van der Waals surface area contributed by atoms with Crippen LogP contribution in [0.25, 0.3) is 0 Å². The van der Waals surface area contributed by atoms with Crippen molar-refractivity contribution in [3.8, 4) is 0 Å². The van der Waals surface area contributed by atoms with E-state index in [4.69, 9.17) is 0 Å². The molecule has 4 nitrogen and oxygen atoms in total. The van der Waals surface area contributed by atoms with Crippen molar-refractivity contribution < 1.29 is 8.42 Å². The van der Waals surface area contributed by atoms with Crippen molar-refractivity contribution in [2.24, 2.45) is 0 Å². The molecule has 0 spiro atoms. The smallest absolute Gasteiger partial charge is 0.218 e. The van der Waals surface area contributed by atoms with Gasteiger partial charge in [-0.05, 0) is 19.8 Å². The fourth-order valence-electron chi connectivity index (χ4n) is 2.54. The first-order valence-corrected chi connectivity index (χ1v) is 7.34. The first-order valence-electron chi connectivity index (χ1n) is 5.84. The molecule has 1 saturated carbocycles. The standard InChI is InChI=1S/C10H20N2O2S/c1-9-8-11-6-7-12(15(9,13)14)10-4-2-3-5-10/h9-11H,2-8H2,1H3. The van der Waals surface area contributed by atoms with Gasteiger partial charge in [-0.15, -0.1) is 0 Å². The molecule has 0 aromatic carbocycles. The van der Waals surface area contributed by atoms with E-state index in [2.05, 4.69) is 5.32 Å². The number of nitrogens with one attached hydrogen (secondary N) is 1. The average Bonchev–Trinajstić information content (AvgIpc) is 2.65. The minimum Gasteiger partial charge on any atom is -0.314 e. The van der Waals surface area contributed by atoms with E-state index in [0.717, 1.165) is 19.4 Å². The summed E-state index contributed by atoms with van der Waals surface area (Å²) in [6, 6.07) is 0.275. The molecule has 0 bridgehead atoms. The van der Waals surface area contributed by atoms with E-state index in [1.54, 1.807) is 11.2 Å². The van der Waals surface area contributed by atoms with Crippen LogP contribution >= 0.6 is 0 Å². The maximum absolute atomic E-state index is 12.2. The second kappa shape index (κ2) is 4.39. The Morgan fingerprint density at radius 3 is 2.60 bits per heavy atom. The van der Waals surface area contributed by atoms with Crippen molar-refractivity contribution in [1.82, 2.24) is 9.62 Å². The zero-order valence-electron chi connectivity index (χ0n) is 9.28. The predicted molar refractivity (Wildman–Crippen MR) is 60.2 cm³/mol. The summed E-state index contributed by atoms with van der Waals surface area (Å²) in [6.07, 6.45) is 4.45. The van der Waals surface area contributed by atoms with Gasteiger partial charge >= 0.3 is 0 Å². The third-order valence-corrected chi connectivity index (χ3v) is 5.83. The molecule has 0 amide bonds. The summed E-state index contributed by atoms with van der Waals surface area (Å²) < 4.78 is 26.2. The van der Waals surface area contributed by atoms with Gasteiger partial charge in [0.15, 0.2) is 0 Å². The van der Waals surface area contributed by atoms with Gasteiger partial charge in [0.05, 0.1) is 5.25 Å². The van der Waals surface area contributed by atoms with E-state index in [-0.39, 0.29) is 11.3 Å². The summed E-state index contributed by atoms with van der Waals surface area (Å²) in [5.41, 5.74) is 0. The SMILES string of the molecule is CC1CNCCN(C2CCCC2)S1(=O)=O. The normalized spacial score (nSPS) is 34.1. The van der Waals surface area contributed by atoms with Gasteiger partial charge in [0, 0.05) is 25.7 Å². The Kier molecular flexibility index (Phi) is 3.33. The van der Waals surface area contributed by atoms with Crippen molar-refractivity contribution in [2.75, 3.05) is 19.6 Å². The second-order valence-electron chi connectivity index (χ2n) is 4.61. The number of hydrogen-bond acceptors (Lipinski definition) is 3. The molecule has 1 saturated heterocycles. The maximum Gasteiger partial charge on any atom is 0.218 e. The Balaban J connectivity index is 2.19. The lowest BCUT2D eigenvalue weighted by molar-refractivity contribution is 0.328. The fraction of sp³-hybridized carbons (Fsp3) is 1.00. The molecule has 0 aromatic rings. The summed E-state index contributed by atoms with van der Waals surface area (Å²) >= 11 is 0. The molecular weight excluding hydrogens is 212 g/mol. The Morgan fingerprint density at radius 1 is 1.27 bits per heavy atom. The summed E-state index contributed by atoms with van der Waals surface area (Å²) in [4.78, 5) is 0. The minimum absolute atomic E-state index is 0.275. The van der Waals surface area contributed by atoms with Crippen LogP contribution in [-0.4, -0.2) is 43.6 Å². The van der Waals surface area contributed by atoms with Gasteiger partial charge in [0.25, 0.3) is 0 Å². The topological polar surface area (TPSA) is 49.4 Å². The molecule has 1 aliphatic carbocycles. The van der Waals surface area contributed by atoms with Crippen molar-refractivity contribution in [2.45, 2.75) is 43.9 Å². The van der Waals surface area contributed by atoms with E-state index in [1.807, 2.05) is 0 Å². The second-order valence-corrected chi connectivity index (χ2v) is 6.91. The third kappa shape index (κ3) is 2.19. The van der Waals surface area contributed by atoms with Gasteiger partial charge in [-0.1, -0.05) is 12.8 Å². The highest BCUT2D eigenvalue weighted by molar-refractivity contribution is 7.89. The predicted octanol–water partition coefficient (Wildman–Crippen LogP) is 0.552. The first-order chi connectivity index (χ1) is 7.12. The quantitative estimate of drug-likeness (QED) is 0.718. The summed E-state index contributed by atoms with van der Waals surface area (Å²) in [7, 11) is -3.05. The van der Waals surface area contributed by atoms with Crippen LogP contribution in [0.1, 0.15) is 32.6 Å². The van der Waals surface area contributed by atoms with Crippen LogP contribution in [0.15, 0.2) is 0 Å². The van der Waals surface area contributed by atoms with Gasteiger partial charge in [0.1, 0.15) is 0 Å². The lowest BCUT2D eigenvalue weighted by atomic mass is 10.2. The molecule has 1 unspecified atom stereocenters. The molecule has 1 N–H and O–H groups in total. The van der Waals surface area contributed by atoms with Crippen molar-refractivity contribution in [1.29, 1.82) is 0 Å². The minimum atomic E-state index is -3.05. The van der Waals surface area contributed by atoms with Crippen LogP contribution in [0, 0.1) is 0 Å². The molecule has 88 valence electrons. The summed E-state index contributed by atoms with van der Waals surface area (Å²) in [6.45, 7) is 3.83. The molecule has 2 rings (SSSR count). The highest BCUT2D eigenvalue weighted by atomic mass is 32.2. The molecule has 0 aromatic heterocycles. The number of rotatable bonds is 1. The van der Waals surface area contributed by atoms with Gasteiger partial charge < -0.3 is 5.32 Å². The first kappa shape index (κ1) is 11.4. The summed E-state index contributed by atoms with van der Waals surface area (Å²) in [5, 5.41) is 2.91. The monoisotopic (exact) mass is 232 g/mol. The van der Waals surface area contributed by atoms with E-state index in [0.29, 0.717) is 13.1 Å². The molecule has 1 atom stereocenters. The van der Waals surface area contributed by atoms with Crippen LogP contribution in [0.4, 0.5) is 0 Å². The number of sulfonamides is 1. The zero-order valence-corrected chi connectivity index (χ0v) is 10.1. The number of nitrogens with zero attached hydrogens (tertiary/aromatic N) is 1. The van der Waals surface area contributed by atoms with Gasteiger partial charge in [-0.25, -0.2) is 8.42 Å². The largest absolute Gasteiger partial charge is 0.314 e. The lowest BCUT2D eigenvalue weighted by Crippen LogP contribution is -2.43. The molecule has 5 heteroatoms. The van der Waals surface area contributed by atoms with E-state index in [1.165, 1.54) is 12.8 Å². The van der Waals surface area contributed by atoms with Crippen LogP contribution in [-0.2, 0) is 10.0 Å². The van der Waals surface area contributed by atoms with Crippen LogP contribution in [0.5, 0.6) is 0 Å². The Labute approximate surface area is 92.1 Å². The fourth-order valence-corrected chi connectivity index (χ4v) is 4.30. The number of hydrogen-bond donors (Lipinski definition) is 1. The third-order valence-electron chi connectivity index (χ3n) is 3.51. The summed E-state index contributed by atoms with van der Waals surface area (Å²) in [5.74, 6) is 0. The van der Waals surface area contributed by atoms with Crippen LogP contribution in [0.2, 0.25) is 0 Å². The zero-order chi connectivity index (χ0) is 10.9. The molecule has 0 radical (unpaired) electrons. The average molecular weight is 232 g/mol. The Hall–Kier alpha value is -0.130. The van der Waals surface area contributed by atoms with Crippen LogP contribution < -0.4 is 5.32 Å². The van der Waals surface area contributed by atoms with Gasteiger partial charge in [0.2, 0.25) is 10.0 Å². The molecule has 2 aliphatic rings. The highest BCUT2D eigenvalue weighted by Gasteiger charge is 2.36. The van der Waals surface area contributed by atoms with E-state index < -0.39 is 10.0 Å². The van der Waals surface area contributed by atoms with Crippen molar-refractivity contribution >= 4 is 10.0 Å². The van der Waals surface area contributed by atoms with Crippen molar-refractivity contribution in [3.63, 3.8) is 0 Å². The van der Waals surface area contributed by atoms with Crippen LogP contribution in [0.3, 0.4) is 0 Å². The Bertz CT molecular complexity index is 309. The Morgan fingerprint density at radius 2 is 1.93 bits per heavy atom. The van der Waals surface area contributed by atoms with Crippen molar-refractivity contribution in [3.05, 3.63) is 0 Å². The molecule has 1 heterocycles. The maximum atomic E-state index is 12.2.